The number of anilines is 1. The van der Waals surface area contributed by atoms with Crippen LogP contribution in [-0.2, 0) is 7.05 Å². The SMILES string of the molecule is Cc1cn(C)nc1C(=O)N(CCCN(C)C)c1nc2c(C)cccc2s1.Cl. The van der Waals surface area contributed by atoms with E-state index >= 15 is 0 Å². The fraction of sp³-hybridized carbons (Fsp3) is 0.421. The van der Waals surface area contributed by atoms with Crippen molar-refractivity contribution in [2.24, 2.45) is 7.05 Å². The lowest BCUT2D eigenvalue weighted by Gasteiger charge is -2.20. The molecule has 2 heterocycles. The van der Waals surface area contributed by atoms with E-state index in [4.69, 9.17) is 4.98 Å². The summed E-state index contributed by atoms with van der Waals surface area (Å²) in [6, 6.07) is 6.13. The molecule has 0 saturated heterocycles. The topological polar surface area (TPSA) is 54.3 Å². The van der Waals surface area contributed by atoms with E-state index in [1.165, 1.54) is 0 Å². The number of amides is 1. The van der Waals surface area contributed by atoms with Crippen LogP contribution in [0, 0.1) is 13.8 Å². The Labute approximate surface area is 170 Å². The molecule has 0 radical (unpaired) electrons. The molecule has 3 aromatic rings. The molecule has 0 fully saturated rings. The minimum absolute atomic E-state index is 0. The standard InChI is InChI=1S/C19H25N5OS.ClH/c1-13-8-6-9-15-16(13)20-19(26-15)24(11-7-10-22(3)4)18(25)17-14(2)12-23(5)21-17;/h6,8-9,12H,7,10-11H2,1-5H3;1H. The van der Waals surface area contributed by atoms with Crippen LogP contribution in [0.15, 0.2) is 24.4 Å². The van der Waals surface area contributed by atoms with Crippen molar-refractivity contribution in [3.05, 3.63) is 41.2 Å². The van der Waals surface area contributed by atoms with Crippen LogP contribution in [0.1, 0.15) is 28.0 Å². The maximum atomic E-state index is 13.2. The number of carbonyl (C=O) groups excluding carboxylic acids is 1. The molecule has 0 N–H and O–H groups in total. The number of para-hydroxylation sites is 1. The van der Waals surface area contributed by atoms with Gasteiger partial charge in [-0.25, -0.2) is 4.98 Å². The fourth-order valence-electron chi connectivity index (χ4n) is 2.97. The Morgan fingerprint density at radius 1 is 1.19 bits per heavy atom. The highest BCUT2D eigenvalue weighted by Gasteiger charge is 2.25. The molecule has 0 aliphatic heterocycles. The second kappa shape index (κ2) is 8.82. The molecule has 0 atom stereocenters. The van der Waals surface area contributed by atoms with Gasteiger partial charge < -0.3 is 4.90 Å². The van der Waals surface area contributed by atoms with Crippen LogP contribution in [0.25, 0.3) is 10.2 Å². The summed E-state index contributed by atoms with van der Waals surface area (Å²) < 4.78 is 2.78. The van der Waals surface area contributed by atoms with Crippen LogP contribution in [0.2, 0.25) is 0 Å². The van der Waals surface area contributed by atoms with Crippen molar-refractivity contribution in [2.75, 3.05) is 32.1 Å². The number of rotatable bonds is 6. The van der Waals surface area contributed by atoms with Crippen LogP contribution < -0.4 is 4.90 Å². The van der Waals surface area contributed by atoms with E-state index in [1.54, 1.807) is 20.9 Å². The summed E-state index contributed by atoms with van der Waals surface area (Å²) >= 11 is 1.56. The third-order valence-corrected chi connectivity index (χ3v) is 5.33. The van der Waals surface area contributed by atoms with Gasteiger partial charge in [-0.3, -0.25) is 14.4 Å². The number of thiazole rings is 1. The average Bonchev–Trinajstić information content (AvgIpc) is 3.14. The van der Waals surface area contributed by atoms with E-state index in [2.05, 4.69) is 16.1 Å². The first-order valence-corrected chi connectivity index (χ1v) is 9.51. The summed E-state index contributed by atoms with van der Waals surface area (Å²) in [4.78, 5) is 21.9. The highest BCUT2D eigenvalue weighted by Crippen LogP contribution is 2.31. The third-order valence-electron chi connectivity index (χ3n) is 4.29. The van der Waals surface area contributed by atoms with Gasteiger partial charge in [-0.05, 0) is 52.5 Å². The zero-order valence-corrected chi connectivity index (χ0v) is 18.0. The van der Waals surface area contributed by atoms with Gasteiger partial charge in [0.15, 0.2) is 10.8 Å². The number of aromatic nitrogens is 3. The molecule has 2 aromatic heterocycles. The lowest BCUT2D eigenvalue weighted by Crippen LogP contribution is -2.34. The Morgan fingerprint density at radius 3 is 2.52 bits per heavy atom. The first-order chi connectivity index (χ1) is 12.4. The van der Waals surface area contributed by atoms with Gasteiger partial charge in [0, 0.05) is 25.4 Å². The van der Waals surface area contributed by atoms with E-state index in [-0.39, 0.29) is 18.3 Å². The Bertz CT molecular complexity index is 933. The Morgan fingerprint density at radius 2 is 1.93 bits per heavy atom. The van der Waals surface area contributed by atoms with Crippen molar-refractivity contribution in [2.45, 2.75) is 20.3 Å². The molecule has 3 rings (SSSR count). The smallest absolute Gasteiger partial charge is 0.280 e. The number of aryl methyl sites for hydroxylation is 3. The van der Waals surface area contributed by atoms with Crippen molar-refractivity contribution in [1.82, 2.24) is 19.7 Å². The Hall–Kier alpha value is -1.96. The number of nitrogens with zero attached hydrogens (tertiary/aromatic N) is 5. The van der Waals surface area contributed by atoms with Gasteiger partial charge in [-0.15, -0.1) is 12.4 Å². The van der Waals surface area contributed by atoms with Crippen LogP contribution in [0.3, 0.4) is 0 Å². The summed E-state index contributed by atoms with van der Waals surface area (Å²) in [7, 11) is 5.91. The summed E-state index contributed by atoms with van der Waals surface area (Å²) in [5, 5.41) is 5.10. The molecule has 0 bridgehead atoms. The van der Waals surface area contributed by atoms with Gasteiger partial charge in [0.2, 0.25) is 0 Å². The molecule has 27 heavy (non-hydrogen) atoms. The minimum atomic E-state index is -0.0847. The number of halogens is 1. The number of hydrogen-bond donors (Lipinski definition) is 0. The lowest BCUT2D eigenvalue weighted by atomic mass is 10.2. The molecule has 0 aliphatic rings. The molecule has 146 valence electrons. The van der Waals surface area contributed by atoms with Crippen molar-refractivity contribution in [3.63, 3.8) is 0 Å². The summed E-state index contributed by atoms with van der Waals surface area (Å²) in [6.07, 6.45) is 2.74. The van der Waals surface area contributed by atoms with Crippen molar-refractivity contribution >= 4 is 45.0 Å². The first-order valence-electron chi connectivity index (χ1n) is 8.70. The highest BCUT2D eigenvalue weighted by atomic mass is 35.5. The second-order valence-corrected chi connectivity index (χ2v) is 7.88. The number of carbonyl (C=O) groups is 1. The van der Waals surface area contributed by atoms with Crippen LogP contribution >= 0.6 is 23.7 Å². The monoisotopic (exact) mass is 407 g/mol. The molecule has 0 unspecified atom stereocenters. The highest BCUT2D eigenvalue weighted by molar-refractivity contribution is 7.22. The molecular formula is C19H26ClN5OS. The van der Waals surface area contributed by atoms with Gasteiger partial charge >= 0.3 is 0 Å². The molecule has 1 aromatic carbocycles. The van der Waals surface area contributed by atoms with Crippen molar-refractivity contribution in [1.29, 1.82) is 0 Å². The van der Waals surface area contributed by atoms with Crippen LogP contribution in [0.4, 0.5) is 5.13 Å². The van der Waals surface area contributed by atoms with E-state index in [0.717, 1.165) is 39.4 Å². The zero-order valence-electron chi connectivity index (χ0n) is 16.4. The van der Waals surface area contributed by atoms with E-state index < -0.39 is 0 Å². The largest absolute Gasteiger partial charge is 0.309 e. The molecule has 6 nitrogen and oxygen atoms in total. The minimum Gasteiger partial charge on any atom is -0.309 e. The Kier molecular flexibility index (Phi) is 6.97. The number of benzene rings is 1. The molecule has 0 saturated carbocycles. The van der Waals surface area contributed by atoms with Crippen molar-refractivity contribution < 1.29 is 4.79 Å². The predicted molar refractivity (Wildman–Crippen MR) is 114 cm³/mol. The summed E-state index contributed by atoms with van der Waals surface area (Å²) in [5.74, 6) is -0.0847. The normalized spacial score (nSPS) is 11.0. The average molecular weight is 408 g/mol. The Balaban J connectivity index is 0.00000261. The van der Waals surface area contributed by atoms with Crippen molar-refractivity contribution in [3.8, 4) is 0 Å². The van der Waals surface area contributed by atoms with E-state index in [9.17, 15) is 4.79 Å². The maximum absolute atomic E-state index is 13.2. The molecule has 1 amide bonds. The maximum Gasteiger partial charge on any atom is 0.280 e. The van der Waals surface area contributed by atoms with Crippen LogP contribution in [0.5, 0.6) is 0 Å². The fourth-order valence-corrected chi connectivity index (χ4v) is 4.03. The van der Waals surface area contributed by atoms with Gasteiger partial charge in [-0.1, -0.05) is 23.5 Å². The van der Waals surface area contributed by atoms with Crippen LogP contribution in [-0.4, -0.2) is 52.8 Å². The second-order valence-electron chi connectivity index (χ2n) is 6.87. The van der Waals surface area contributed by atoms with Gasteiger partial charge in [-0.2, -0.15) is 5.10 Å². The third kappa shape index (κ3) is 4.66. The van der Waals surface area contributed by atoms with Gasteiger partial charge in [0.1, 0.15) is 0 Å². The first kappa shape index (κ1) is 21.3. The van der Waals surface area contributed by atoms with Gasteiger partial charge in [0.25, 0.3) is 5.91 Å². The molecule has 0 aliphatic carbocycles. The molecule has 0 spiro atoms. The quantitative estimate of drug-likeness (QED) is 0.625. The molecular weight excluding hydrogens is 382 g/mol. The predicted octanol–water partition coefficient (Wildman–Crippen LogP) is 3.67. The summed E-state index contributed by atoms with van der Waals surface area (Å²) in [6.45, 7) is 5.49. The zero-order chi connectivity index (χ0) is 18.8. The van der Waals surface area contributed by atoms with E-state index in [0.29, 0.717) is 12.2 Å². The summed E-state index contributed by atoms with van der Waals surface area (Å²) in [5.41, 5.74) is 3.47. The number of hydrogen-bond acceptors (Lipinski definition) is 5. The number of fused-ring (bicyclic) bond motifs is 1. The molecule has 8 heteroatoms. The van der Waals surface area contributed by atoms with Gasteiger partial charge in [0.05, 0.1) is 10.2 Å². The van der Waals surface area contributed by atoms with E-state index in [1.807, 2.05) is 53.3 Å². The lowest BCUT2D eigenvalue weighted by molar-refractivity contribution is 0.0980.